The van der Waals surface area contributed by atoms with Crippen molar-refractivity contribution < 1.29 is 13.6 Å². The van der Waals surface area contributed by atoms with Gasteiger partial charge < -0.3 is 11.1 Å². The van der Waals surface area contributed by atoms with E-state index in [-0.39, 0.29) is 18.9 Å². The summed E-state index contributed by atoms with van der Waals surface area (Å²) in [7, 11) is 1.77. The number of halogens is 3. The van der Waals surface area contributed by atoms with Crippen molar-refractivity contribution in [3.05, 3.63) is 88.3 Å². The number of fused-ring (bicyclic) bond motifs is 1. The number of carbonyl (C=O) groups excluding carboxylic acids is 1. The SMILES string of the molecule is C/C=C(C)\N=C(/Cc1ccc(Cl)c2c(N)nn(C)c12)[C@H](Cc1cc(F)cc(F)c1)NC(=O)Cn1cccn1. The number of aliphatic imine (C=N–C) groups is 1. The highest BCUT2D eigenvalue weighted by atomic mass is 35.5. The molecular formula is C27H28ClF2N7O. The molecule has 0 fully saturated rings. The number of anilines is 1. The molecule has 0 aliphatic heterocycles. The largest absolute Gasteiger partial charge is 0.382 e. The van der Waals surface area contributed by atoms with Crippen LogP contribution in [0.25, 0.3) is 10.9 Å². The molecule has 0 saturated heterocycles. The van der Waals surface area contributed by atoms with Crippen LogP contribution in [0, 0.1) is 11.6 Å². The summed E-state index contributed by atoms with van der Waals surface area (Å²) in [6.07, 6.45) is 5.49. The lowest BCUT2D eigenvalue weighted by atomic mass is 9.95. The number of amides is 1. The van der Waals surface area contributed by atoms with E-state index in [4.69, 9.17) is 22.3 Å². The van der Waals surface area contributed by atoms with Gasteiger partial charge in [-0.05, 0) is 55.7 Å². The zero-order valence-electron chi connectivity index (χ0n) is 21.3. The molecule has 0 aliphatic carbocycles. The maximum Gasteiger partial charge on any atom is 0.242 e. The van der Waals surface area contributed by atoms with Gasteiger partial charge >= 0.3 is 0 Å². The van der Waals surface area contributed by atoms with E-state index in [0.29, 0.717) is 39.6 Å². The quantitative estimate of drug-likeness (QED) is 0.303. The van der Waals surface area contributed by atoms with Crippen LogP contribution in [-0.2, 0) is 31.2 Å². The molecular weight excluding hydrogens is 512 g/mol. The topological polar surface area (TPSA) is 103 Å². The Morgan fingerprint density at radius 1 is 1.26 bits per heavy atom. The van der Waals surface area contributed by atoms with E-state index in [1.165, 1.54) is 16.8 Å². The number of rotatable bonds is 9. The predicted octanol–water partition coefficient (Wildman–Crippen LogP) is 4.62. The molecule has 0 saturated carbocycles. The van der Waals surface area contributed by atoms with Crippen LogP contribution in [0.4, 0.5) is 14.6 Å². The van der Waals surface area contributed by atoms with Crippen molar-refractivity contribution in [2.45, 2.75) is 39.3 Å². The Bertz CT molecular complexity index is 1510. The molecule has 0 bridgehead atoms. The smallest absolute Gasteiger partial charge is 0.242 e. The van der Waals surface area contributed by atoms with Gasteiger partial charge in [0.2, 0.25) is 5.91 Å². The van der Waals surface area contributed by atoms with Crippen LogP contribution in [-0.4, -0.2) is 37.2 Å². The van der Waals surface area contributed by atoms with Gasteiger partial charge in [-0.25, -0.2) is 8.78 Å². The molecule has 38 heavy (non-hydrogen) atoms. The maximum atomic E-state index is 14.1. The average Bonchev–Trinajstić information content (AvgIpc) is 3.46. The number of benzene rings is 2. The number of nitrogen functional groups attached to an aromatic ring is 1. The van der Waals surface area contributed by atoms with Gasteiger partial charge in [-0.1, -0.05) is 23.7 Å². The molecule has 11 heteroatoms. The molecule has 1 atom stereocenters. The van der Waals surface area contributed by atoms with Crippen molar-refractivity contribution in [2.75, 3.05) is 5.73 Å². The summed E-state index contributed by atoms with van der Waals surface area (Å²) in [5.41, 5.74) is 9.35. The number of hydrogen-bond donors (Lipinski definition) is 2. The number of hydrogen-bond acceptors (Lipinski definition) is 5. The summed E-state index contributed by atoms with van der Waals surface area (Å²) in [5.74, 6) is -1.42. The van der Waals surface area contributed by atoms with E-state index in [1.54, 1.807) is 36.3 Å². The van der Waals surface area contributed by atoms with Crippen molar-refractivity contribution in [1.29, 1.82) is 0 Å². The number of aryl methyl sites for hydroxylation is 1. The first-order valence-electron chi connectivity index (χ1n) is 12.0. The number of aromatic nitrogens is 4. The minimum atomic E-state index is -0.700. The van der Waals surface area contributed by atoms with Gasteiger partial charge in [0.25, 0.3) is 0 Å². The summed E-state index contributed by atoms with van der Waals surface area (Å²) in [4.78, 5) is 17.8. The van der Waals surface area contributed by atoms with Crippen LogP contribution in [0.1, 0.15) is 25.0 Å². The molecule has 0 spiro atoms. The Hall–Kier alpha value is -4.05. The molecule has 4 rings (SSSR count). The van der Waals surface area contributed by atoms with E-state index < -0.39 is 17.7 Å². The van der Waals surface area contributed by atoms with Gasteiger partial charge in [-0.15, -0.1) is 0 Å². The highest BCUT2D eigenvalue weighted by molar-refractivity contribution is 6.36. The molecule has 0 aliphatic rings. The summed E-state index contributed by atoms with van der Waals surface area (Å²) in [6, 6.07) is 7.93. The highest BCUT2D eigenvalue weighted by Crippen LogP contribution is 2.31. The first-order valence-corrected chi connectivity index (χ1v) is 12.3. The van der Waals surface area contributed by atoms with E-state index in [2.05, 4.69) is 15.5 Å². The minimum absolute atomic E-state index is 0.0274. The van der Waals surface area contributed by atoms with Gasteiger partial charge in [0.05, 0.1) is 22.0 Å². The molecule has 0 unspecified atom stereocenters. The van der Waals surface area contributed by atoms with Gasteiger partial charge in [-0.3, -0.25) is 19.2 Å². The molecule has 0 radical (unpaired) electrons. The summed E-state index contributed by atoms with van der Waals surface area (Å²) in [6.45, 7) is 3.66. The Balaban J connectivity index is 1.77. The zero-order valence-corrected chi connectivity index (χ0v) is 22.0. The Morgan fingerprint density at radius 3 is 2.66 bits per heavy atom. The fourth-order valence-corrected chi connectivity index (χ4v) is 4.60. The Kier molecular flexibility index (Phi) is 8.21. The normalized spacial score (nSPS) is 13.2. The number of nitrogens with zero attached hydrogens (tertiary/aromatic N) is 5. The maximum absolute atomic E-state index is 14.1. The Labute approximate surface area is 223 Å². The molecule has 198 valence electrons. The van der Waals surface area contributed by atoms with Crippen LogP contribution in [0.2, 0.25) is 5.02 Å². The lowest BCUT2D eigenvalue weighted by Crippen LogP contribution is -2.44. The molecule has 3 N–H and O–H groups in total. The van der Waals surface area contributed by atoms with Crippen LogP contribution in [0.3, 0.4) is 0 Å². The third kappa shape index (κ3) is 6.25. The summed E-state index contributed by atoms with van der Waals surface area (Å²) in [5, 5.41) is 12.5. The third-order valence-corrected chi connectivity index (χ3v) is 6.44. The lowest BCUT2D eigenvalue weighted by Gasteiger charge is -2.22. The van der Waals surface area contributed by atoms with E-state index >= 15 is 0 Å². The molecule has 2 heterocycles. The van der Waals surface area contributed by atoms with Crippen LogP contribution >= 0.6 is 11.6 Å². The van der Waals surface area contributed by atoms with Crippen molar-refractivity contribution in [1.82, 2.24) is 24.9 Å². The molecule has 4 aromatic rings. The van der Waals surface area contributed by atoms with Crippen molar-refractivity contribution in [3.8, 4) is 0 Å². The standard InChI is InChI=1S/C27H28ClF2N7O/c1-4-16(2)33-23(13-18-6-7-21(28)25-26(18)36(3)35-27(25)31)22(12-17-10-19(29)14-20(30)11-17)34-24(38)15-37-9-5-8-32-37/h4-11,14,22H,12-13,15H2,1-3H3,(H2,31,35)(H,34,38)/b16-4-,33-23+/t22-/m0/s1. The van der Waals surface area contributed by atoms with Crippen molar-refractivity contribution in [2.24, 2.45) is 12.0 Å². The van der Waals surface area contributed by atoms with Gasteiger partial charge in [-0.2, -0.15) is 10.2 Å². The van der Waals surface area contributed by atoms with Crippen molar-refractivity contribution >= 4 is 39.9 Å². The van der Waals surface area contributed by atoms with E-state index in [0.717, 1.165) is 17.1 Å². The molecule has 2 aromatic carbocycles. The van der Waals surface area contributed by atoms with Gasteiger partial charge in [0.15, 0.2) is 5.82 Å². The zero-order chi connectivity index (χ0) is 27.4. The first kappa shape index (κ1) is 27.0. The number of nitrogens with one attached hydrogen (secondary N) is 1. The number of carbonyl (C=O) groups is 1. The minimum Gasteiger partial charge on any atom is -0.382 e. The van der Waals surface area contributed by atoms with Crippen LogP contribution in [0.5, 0.6) is 0 Å². The fraction of sp³-hybridized carbons (Fsp3) is 0.259. The summed E-state index contributed by atoms with van der Waals surface area (Å²) >= 11 is 6.42. The number of nitrogens with two attached hydrogens (primary N) is 1. The first-order chi connectivity index (χ1) is 18.1. The second-order valence-corrected chi connectivity index (χ2v) is 9.36. The summed E-state index contributed by atoms with van der Waals surface area (Å²) < 4.78 is 31.2. The second kappa shape index (κ2) is 11.6. The Morgan fingerprint density at radius 2 is 2.00 bits per heavy atom. The van der Waals surface area contributed by atoms with Crippen LogP contribution < -0.4 is 11.1 Å². The fourth-order valence-electron chi connectivity index (χ4n) is 4.35. The predicted molar refractivity (Wildman–Crippen MR) is 145 cm³/mol. The molecule has 2 aromatic heterocycles. The van der Waals surface area contributed by atoms with E-state index in [9.17, 15) is 13.6 Å². The molecule has 8 nitrogen and oxygen atoms in total. The van der Waals surface area contributed by atoms with Gasteiger partial charge in [0, 0.05) is 43.3 Å². The average molecular weight is 540 g/mol. The van der Waals surface area contributed by atoms with E-state index in [1.807, 2.05) is 26.0 Å². The second-order valence-electron chi connectivity index (χ2n) is 8.95. The van der Waals surface area contributed by atoms with Gasteiger partial charge in [0.1, 0.15) is 18.2 Å². The number of allylic oxidation sites excluding steroid dienone is 2. The highest BCUT2D eigenvalue weighted by Gasteiger charge is 2.23. The molecule has 1 amide bonds. The van der Waals surface area contributed by atoms with Crippen molar-refractivity contribution in [3.63, 3.8) is 0 Å². The van der Waals surface area contributed by atoms with Crippen LogP contribution in [0.15, 0.2) is 65.6 Å². The lowest BCUT2D eigenvalue weighted by molar-refractivity contribution is -0.122. The monoisotopic (exact) mass is 539 g/mol. The third-order valence-electron chi connectivity index (χ3n) is 6.12.